The van der Waals surface area contributed by atoms with E-state index < -0.39 is 12.6 Å². The van der Waals surface area contributed by atoms with Gasteiger partial charge >= 0.3 is 5.97 Å². The molecule has 1 aliphatic rings. The number of rotatable bonds is 7. The minimum absolute atomic E-state index is 0.172. The molecule has 0 aromatic heterocycles. The predicted molar refractivity (Wildman–Crippen MR) is 103 cm³/mol. The number of esters is 1. The van der Waals surface area contributed by atoms with Crippen molar-refractivity contribution in [3.63, 3.8) is 0 Å². The normalized spacial score (nSPS) is 12.5. The Morgan fingerprint density at radius 3 is 2.14 bits per heavy atom. The summed E-state index contributed by atoms with van der Waals surface area (Å²) in [5.41, 5.74) is 0.540. The average molecular weight is 402 g/mol. The summed E-state index contributed by atoms with van der Waals surface area (Å²) < 4.78 is 32.0. The summed E-state index contributed by atoms with van der Waals surface area (Å²) in [5.74, 6) is 1.03. The van der Waals surface area contributed by atoms with E-state index in [0.29, 0.717) is 47.5 Å². The van der Waals surface area contributed by atoms with Gasteiger partial charge in [-0.1, -0.05) is 0 Å². The standard InChI is InChI=1S/C21H22O8/c1-24-18-10-14(11-19(25-2)20(18)26-3)21(23)29-12-15(22)13-5-6-16-17(9-13)28-8-4-7-27-16/h5-6,9-11H,4,7-8,12H2,1-3H3. The van der Waals surface area contributed by atoms with Gasteiger partial charge in [-0.15, -0.1) is 0 Å². The van der Waals surface area contributed by atoms with Crippen molar-refractivity contribution in [2.75, 3.05) is 41.2 Å². The minimum atomic E-state index is -0.688. The molecule has 1 aliphatic heterocycles. The second-order valence-corrected chi connectivity index (χ2v) is 6.13. The van der Waals surface area contributed by atoms with Gasteiger partial charge in [0.25, 0.3) is 0 Å². The second-order valence-electron chi connectivity index (χ2n) is 6.13. The molecule has 8 nitrogen and oxygen atoms in total. The number of ketones is 1. The highest BCUT2D eigenvalue weighted by molar-refractivity contribution is 6.00. The molecular weight excluding hydrogens is 380 g/mol. The van der Waals surface area contributed by atoms with E-state index in [1.165, 1.54) is 33.5 Å². The summed E-state index contributed by atoms with van der Waals surface area (Å²) in [6.07, 6.45) is 0.768. The molecule has 29 heavy (non-hydrogen) atoms. The first-order valence-electron chi connectivity index (χ1n) is 8.97. The van der Waals surface area contributed by atoms with Crippen LogP contribution in [0, 0.1) is 0 Å². The first kappa shape index (κ1) is 20.3. The van der Waals surface area contributed by atoms with Crippen molar-refractivity contribution in [1.29, 1.82) is 0 Å². The molecule has 0 radical (unpaired) electrons. The Balaban J connectivity index is 1.70. The maximum atomic E-state index is 12.5. The number of carbonyl (C=O) groups excluding carboxylic acids is 2. The molecule has 3 rings (SSSR count). The summed E-state index contributed by atoms with van der Waals surface area (Å²) in [5, 5.41) is 0. The van der Waals surface area contributed by atoms with E-state index in [0.717, 1.165) is 6.42 Å². The van der Waals surface area contributed by atoms with Crippen molar-refractivity contribution >= 4 is 11.8 Å². The quantitative estimate of drug-likeness (QED) is 0.516. The second kappa shape index (κ2) is 9.18. The fourth-order valence-corrected chi connectivity index (χ4v) is 2.83. The number of hydrogen-bond donors (Lipinski definition) is 0. The van der Waals surface area contributed by atoms with E-state index >= 15 is 0 Å². The zero-order valence-corrected chi connectivity index (χ0v) is 16.5. The van der Waals surface area contributed by atoms with Crippen LogP contribution in [-0.2, 0) is 4.74 Å². The molecule has 0 bridgehead atoms. The van der Waals surface area contributed by atoms with Gasteiger partial charge < -0.3 is 28.4 Å². The SMILES string of the molecule is COc1cc(C(=O)OCC(=O)c2ccc3c(c2)OCCCO3)cc(OC)c1OC. The lowest BCUT2D eigenvalue weighted by Crippen LogP contribution is -2.15. The number of carbonyl (C=O) groups is 2. The van der Waals surface area contributed by atoms with Crippen LogP contribution in [0.15, 0.2) is 30.3 Å². The zero-order valence-electron chi connectivity index (χ0n) is 16.5. The first-order valence-corrected chi connectivity index (χ1v) is 8.97. The van der Waals surface area contributed by atoms with Crippen LogP contribution in [0.5, 0.6) is 28.7 Å². The molecular formula is C21H22O8. The predicted octanol–water partition coefficient (Wildman–Crippen LogP) is 2.91. The minimum Gasteiger partial charge on any atom is -0.493 e. The van der Waals surface area contributed by atoms with Gasteiger partial charge in [0, 0.05) is 12.0 Å². The van der Waals surface area contributed by atoms with Crippen LogP contribution < -0.4 is 23.7 Å². The maximum Gasteiger partial charge on any atom is 0.338 e. The highest BCUT2D eigenvalue weighted by Crippen LogP contribution is 2.38. The van der Waals surface area contributed by atoms with Crippen LogP contribution in [0.1, 0.15) is 27.1 Å². The van der Waals surface area contributed by atoms with E-state index in [1.54, 1.807) is 18.2 Å². The Kier molecular flexibility index (Phi) is 6.43. The van der Waals surface area contributed by atoms with E-state index in [-0.39, 0.29) is 11.3 Å². The van der Waals surface area contributed by atoms with Crippen molar-refractivity contribution in [2.45, 2.75) is 6.42 Å². The lowest BCUT2D eigenvalue weighted by atomic mass is 10.1. The molecule has 0 spiro atoms. The molecule has 0 fully saturated rings. The molecule has 0 aliphatic carbocycles. The fraction of sp³-hybridized carbons (Fsp3) is 0.333. The topological polar surface area (TPSA) is 89.5 Å². The third-order valence-corrected chi connectivity index (χ3v) is 4.30. The van der Waals surface area contributed by atoms with Crippen LogP contribution >= 0.6 is 0 Å². The molecule has 154 valence electrons. The van der Waals surface area contributed by atoms with Crippen molar-refractivity contribution < 1.29 is 38.0 Å². The molecule has 0 saturated heterocycles. The number of hydrogen-bond acceptors (Lipinski definition) is 8. The number of methoxy groups -OCH3 is 3. The van der Waals surface area contributed by atoms with Crippen LogP contribution in [0.2, 0.25) is 0 Å². The third-order valence-electron chi connectivity index (χ3n) is 4.30. The van der Waals surface area contributed by atoms with E-state index in [2.05, 4.69) is 0 Å². The molecule has 0 N–H and O–H groups in total. The summed E-state index contributed by atoms with van der Waals surface area (Å²) in [4.78, 5) is 24.9. The molecule has 0 amide bonds. The van der Waals surface area contributed by atoms with E-state index in [9.17, 15) is 9.59 Å². The van der Waals surface area contributed by atoms with Crippen molar-refractivity contribution in [2.24, 2.45) is 0 Å². The van der Waals surface area contributed by atoms with Gasteiger partial charge in [0.15, 0.2) is 35.4 Å². The van der Waals surface area contributed by atoms with Gasteiger partial charge in [-0.05, 0) is 30.3 Å². The Morgan fingerprint density at radius 1 is 0.862 bits per heavy atom. The largest absolute Gasteiger partial charge is 0.493 e. The fourth-order valence-electron chi connectivity index (χ4n) is 2.83. The number of ether oxygens (including phenoxy) is 6. The highest BCUT2D eigenvalue weighted by atomic mass is 16.5. The molecule has 1 heterocycles. The van der Waals surface area contributed by atoms with Gasteiger partial charge in [0.05, 0.1) is 40.1 Å². The number of benzene rings is 2. The zero-order chi connectivity index (χ0) is 20.8. The average Bonchev–Trinajstić information content (AvgIpc) is 3.00. The lowest BCUT2D eigenvalue weighted by molar-refractivity contribution is 0.0474. The molecule has 2 aromatic carbocycles. The van der Waals surface area contributed by atoms with E-state index in [4.69, 9.17) is 28.4 Å². The van der Waals surface area contributed by atoms with Gasteiger partial charge in [-0.3, -0.25) is 4.79 Å². The van der Waals surface area contributed by atoms with Gasteiger partial charge in [-0.25, -0.2) is 4.79 Å². The van der Waals surface area contributed by atoms with Gasteiger partial charge in [0.1, 0.15) is 0 Å². The molecule has 0 unspecified atom stereocenters. The van der Waals surface area contributed by atoms with Gasteiger partial charge in [-0.2, -0.15) is 0 Å². The first-order chi connectivity index (χ1) is 14.1. The van der Waals surface area contributed by atoms with Crippen LogP contribution in [0.4, 0.5) is 0 Å². The Labute approximate surface area is 168 Å². The van der Waals surface area contributed by atoms with Crippen LogP contribution in [0.3, 0.4) is 0 Å². The molecule has 2 aromatic rings. The number of fused-ring (bicyclic) bond motifs is 1. The van der Waals surface area contributed by atoms with Crippen LogP contribution in [-0.4, -0.2) is 52.9 Å². The monoisotopic (exact) mass is 402 g/mol. The molecule has 8 heteroatoms. The third kappa shape index (κ3) is 4.53. The molecule has 0 saturated carbocycles. The summed E-state index contributed by atoms with van der Waals surface area (Å²) in [6, 6.07) is 7.80. The summed E-state index contributed by atoms with van der Waals surface area (Å²) in [7, 11) is 4.35. The lowest BCUT2D eigenvalue weighted by Gasteiger charge is -2.13. The van der Waals surface area contributed by atoms with E-state index in [1.807, 2.05) is 0 Å². The smallest absolute Gasteiger partial charge is 0.338 e. The maximum absolute atomic E-state index is 12.5. The van der Waals surface area contributed by atoms with Gasteiger partial charge in [0.2, 0.25) is 5.75 Å². The Bertz CT molecular complexity index is 881. The van der Waals surface area contributed by atoms with Crippen molar-refractivity contribution in [1.82, 2.24) is 0 Å². The highest BCUT2D eigenvalue weighted by Gasteiger charge is 2.20. The Morgan fingerprint density at radius 2 is 1.52 bits per heavy atom. The summed E-state index contributed by atoms with van der Waals surface area (Å²) in [6.45, 7) is 0.655. The van der Waals surface area contributed by atoms with Crippen LogP contribution in [0.25, 0.3) is 0 Å². The number of Topliss-reactive ketones (excluding diaryl/α,β-unsaturated/α-hetero) is 1. The summed E-state index contributed by atoms with van der Waals surface area (Å²) >= 11 is 0. The van der Waals surface area contributed by atoms with Crippen molar-refractivity contribution in [3.05, 3.63) is 41.5 Å². The van der Waals surface area contributed by atoms with Crippen molar-refractivity contribution in [3.8, 4) is 28.7 Å². The molecule has 0 atom stereocenters. The Hall–Kier alpha value is -3.42.